The average Bonchev–Trinajstić information content (AvgIpc) is 2.17. The van der Waals surface area contributed by atoms with Gasteiger partial charge in [-0.2, -0.15) is 0 Å². The predicted octanol–water partition coefficient (Wildman–Crippen LogP) is 0.533. The highest BCUT2D eigenvalue weighted by Crippen LogP contribution is 2.03. The Morgan fingerprint density at radius 1 is 1.38 bits per heavy atom. The summed E-state index contributed by atoms with van der Waals surface area (Å²) in [6, 6.07) is 8.63. The number of carbonyl (C=O) groups excluding carboxylic acids is 1. The summed E-state index contributed by atoms with van der Waals surface area (Å²) in [7, 11) is -1.31. The van der Waals surface area contributed by atoms with Crippen LogP contribution in [0, 0.1) is 0 Å². The lowest BCUT2D eigenvalue weighted by Crippen LogP contribution is -2.34. The highest BCUT2D eigenvalue weighted by atomic mass is 32.2. The highest BCUT2D eigenvalue weighted by molar-refractivity contribution is 7.85. The lowest BCUT2D eigenvalue weighted by Gasteiger charge is -2.06. The van der Waals surface area contributed by atoms with Gasteiger partial charge in [-0.15, -0.1) is 0 Å². The van der Waals surface area contributed by atoms with Crippen LogP contribution in [0.5, 0.6) is 0 Å². The number of carbonyl (C=O) groups is 1. The summed E-state index contributed by atoms with van der Waals surface area (Å²) in [6.45, 7) is 0. The molecule has 0 aromatic heterocycles. The van der Waals surface area contributed by atoms with Crippen LogP contribution in [-0.2, 0) is 10.8 Å². The molecule has 0 spiro atoms. The Hall–Kier alpha value is -1.00. The molecule has 1 rings (SSSR count). The van der Waals surface area contributed by atoms with E-state index in [0.29, 0.717) is 5.56 Å². The van der Waals surface area contributed by atoms with Gasteiger partial charge in [0.25, 0.3) is 0 Å². The third kappa shape index (κ3) is 2.47. The lowest BCUT2D eigenvalue weighted by molar-refractivity contribution is 0.0989. The molecule has 0 aliphatic heterocycles. The first-order valence-corrected chi connectivity index (χ1v) is 5.42. The summed E-state index contributed by atoms with van der Waals surface area (Å²) < 4.78 is 10.9. The Bertz CT molecular complexity index is 324. The van der Waals surface area contributed by atoms with Crippen LogP contribution in [-0.4, -0.2) is 21.6 Å². The molecule has 0 bridgehead atoms. The molecular formula is C9H11NO2S. The summed E-state index contributed by atoms with van der Waals surface area (Å²) in [4.78, 5) is 11.5. The third-order valence-electron chi connectivity index (χ3n) is 1.67. The molecule has 0 fully saturated rings. The van der Waals surface area contributed by atoms with E-state index in [1.165, 1.54) is 6.26 Å². The zero-order valence-electron chi connectivity index (χ0n) is 7.27. The van der Waals surface area contributed by atoms with Crippen molar-refractivity contribution >= 4 is 16.6 Å². The van der Waals surface area contributed by atoms with Gasteiger partial charge in [-0.05, 0) is 0 Å². The quantitative estimate of drug-likeness (QED) is 0.719. The van der Waals surface area contributed by atoms with E-state index in [0.717, 1.165) is 0 Å². The van der Waals surface area contributed by atoms with Gasteiger partial charge in [0.05, 0.1) is 0 Å². The van der Waals surface area contributed by atoms with E-state index in [-0.39, 0.29) is 5.78 Å². The van der Waals surface area contributed by atoms with Gasteiger partial charge >= 0.3 is 0 Å². The van der Waals surface area contributed by atoms with E-state index in [2.05, 4.69) is 0 Å². The molecule has 0 amide bonds. The van der Waals surface area contributed by atoms with Crippen molar-refractivity contribution in [3.63, 3.8) is 0 Å². The summed E-state index contributed by atoms with van der Waals surface area (Å²) in [5.74, 6) is -0.276. The number of hydrogen-bond donors (Lipinski definition) is 1. The first-order chi connectivity index (χ1) is 6.13. The molecule has 70 valence electrons. The SMILES string of the molecule is CS(=O)C(N)C(=O)c1ccccc1. The van der Waals surface area contributed by atoms with Crippen molar-refractivity contribution in [2.75, 3.05) is 6.26 Å². The minimum absolute atomic E-state index is 0.276. The molecule has 0 heterocycles. The number of rotatable bonds is 3. The second-order valence-corrected chi connectivity index (χ2v) is 4.15. The fourth-order valence-corrected chi connectivity index (χ4v) is 1.35. The zero-order chi connectivity index (χ0) is 9.84. The van der Waals surface area contributed by atoms with E-state index in [1.807, 2.05) is 6.07 Å². The van der Waals surface area contributed by atoms with Gasteiger partial charge in [0.2, 0.25) is 0 Å². The number of ketones is 1. The molecule has 1 aromatic rings. The standard InChI is InChI=1S/C9H11NO2S/c1-13(12)9(10)8(11)7-5-3-2-4-6-7/h2-6,9H,10H2,1H3. The monoisotopic (exact) mass is 197 g/mol. The van der Waals surface area contributed by atoms with Gasteiger partial charge in [0, 0.05) is 22.6 Å². The molecule has 2 N–H and O–H groups in total. The molecular weight excluding hydrogens is 186 g/mol. The van der Waals surface area contributed by atoms with Crippen molar-refractivity contribution in [2.45, 2.75) is 5.37 Å². The Morgan fingerprint density at radius 3 is 2.38 bits per heavy atom. The van der Waals surface area contributed by atoms with Crippen LogP contribution >= 0.6 is 0 Å². The van der Waals surface area contributed by atoms with Gasteiger partial charge < -0.3 is 5.73 Å². The highest BCUT2D eigenvalue weighted by Gasteiger charge is 2.18. The zero-order valence-corrected chi connectivity index (χ0v) is 8.08. The molecule has 0 radical (unpaired) electrons. The van der Waals surface area contributed by atoms with E-state index in [1.54, 1.807) is 24.3 Å². The van der Waals surface area contributed by atoms with E-state index >= 15 is 0 Å². The Labute approximate surface area is 79.4 Å². The lowest BCUT2D eigenvalue weighted by atomic mass is 10.1. The first-order valence-electron chi connectivity index (χ1n) is 3.80. The number of nitrogens with two attached hydrogens (primary N) is 1. The van der Waals surface area contributed by atoms with E-state index in [4.69, 9.17) is 5.73 Å². The minimum Gasteiger partial charge on any atom is -0.311 e. The molecule has 3 nitrogen and oxygen atoms in total. The van der Waals surface area contributed by atoms with Crippen LogP contribution < -0.4 is 5.73 Å². The topological polar surface area (TPSA) is 60.2 Å². The van der Waals surface area contributed by atoms with Crippen LogP contribution in [0.3, 0.4) is 0 Å². The third-order valence-corrected chi connectivity index (χ3v) is 2.60. The van der Waals surface area contributed by atoms with Gasteiger partial charge in [0.15, 0.2) is 5.78 Å². The molecule has 2 unspecified atom stereocenters. The van der Waals surface area contributed by atoms with Gasteiger partial charge in [-0.25, -0.2) is 0 Å². The maximum atomic E-state index is 11.5. The predicted molar refractivity (Wildman–Crippen MR) is 52.8 cm³/mol. The van der Waals surface area contributed by atoms with E-state index < -0.39 is 16.2 Å². The largest absolute Gasteiger partial charge is 0.311 e. The minimum atomic E-state index is -1.31. The molecule has 1 aromatic carbocycles. The smallest absolute Gasteiger partial charge is 0.192 e. The molecule has 0 saturated heterocycles. The normalized spacial score (nSPS) is 14.9. The summed E-state index contributed by atoms with van der Waals surface area (Å²) in [5, 5.41) is -0.914. The average molecular weight is 197 g/mol. The summed E-state index contributed by atoms with van der Waals surface area (Å²) in [5.41, 5.74) is 5.95. The van der Waals surface area contributed by atoms with Crippen molar-refractivity contribution in [1.82, 2.24) is 0 Å². The molecule has 2 atom stereocenters. The van der Waals surface area contributed by atoms with Gasteiger partial charge in [-0.3, -0.25) is 9.00 Å². The van der Waals surface area contributed by atoms with Gasteiger partial charge in [0.1, 0.15) is 5.37 Å². The molecule has 0 aliphatic carbocycles. The fraction of sp³-hybridized carbons (Fsp3) is 0.222. The van der Waals surface area contributed by atoms with E-state index in [9.17, 15) is 9.00 Å². The number of hydrogen-bond acceptors (Lipinski definition) is 3. The van der Waals surface area contributed by atoms with Crippen LogP contribution in [0.2, 0.25) is 0 Å². The molecule has 0 saturated carbocycles. The maximum absolute atomic E-state index is 11.5. The second-order valence-electron chi connectivity index (χ2n) is 2.65. The van der Waals surface area contributed by atoms with Gasteiger partial charge in [-0.1, -0.05) is 30.3 Å². The van der Waals surface area contributed by atoms with Crippen LogP contribution in [0.1, 0.15) is 10.4 Å². The van der Waals surface area contributed by atoms with Crippen LogP contribution in [0.15, 0.2) is 30.3 Å². The van der Waals surface area contributed by atoms with Crippen molar-refractivity contribution < 1.29 is 9.00 Å². The van der Waals surface area contributed by atoms with Crippen molar-refractivity contribution in [3.05, 3.63) is 35.9 Å². The van der Waals surface area contributed by atoms with Crippen LogP contribution in [0.4, 0.5) is 0 Å². The number of Topliss-reactive ketones (excluding diaryl/α,β-unsaturated/α-hetero) is 1. The maximum Gasteiger partial charge on any atom is 0.192 e. The molecule has 4 heteroatoms. The van der Waals surface area contributed by atoms with Crippen molar-refractivity contribution in [1.29, 1.82) is 0 Å². The Balaban J connectivity index is 2.86. The summed E-state index contributed by atoms with van der Waals surface area (Å²) >= 11 is 0. The first kappa shape index (κ1) is 10.1. The Morgan fingerprint density at radius 2 is 1.92 bits per heavy atom. The second kappa shape index (κ2) is 4.30. The molecule has 0 aliphatic rings. The van der Waals surface area contributed by atoms with Crippen LogP contribution in [0.25, 0.3) is 0 Å². The van der Waals surface area contributed by atoms with Crippen molar-refractivity contribution in [2.24, 2.45) is 5.73 Å². The Kier molecular flexibility index (Phi) is 3.33. The van der Waals surface area contributed by atoms with Crippen molar-refractivity contribution in [3.8, 4) is 0 Å². The fourth-order valence-electron chi connectivity index (χ4n) is 0.917. The molecule has 13 heavy (non-hydrogen) atoms. The summed E-state index contributed by atoms with van der Waals surface area (Å²) in [6.07, 6.45) is 1.42. The number of benzene rings is 1.